The molecule has 0 saturated carbocycles. The molecule has 0 heterocycles. The zero-order valence-corrected chi connectivity index (χ0v) is 4.00. The van der Waals surface area contributed by atoms with Crippen LogP contribution in [0.1, 0.15) is 0 Å². The lowest BCUT2D eigenvalue weighted by molar-refractivity contribution is -0.0618. The molecule has 0 spiro atoms. The van der Waals surface area contributed by atoms with Crippen LogP contribution in [-0.2, 0) is 9.19 Å². The standard InChI is InChI=1S/H4NO5P/c2-1-6-7(3,4)5/h1-2H,(H2,3,4,5). The van der Waals surface area contributed by atoms with Gasteiger partial charge in [0.25, 0.3) is 0 Å². The van der Waals surface area contributed by atoms with Crippen molar-refractivity contribution >= 4 is 7.82 Å². The summed E-state index contributed by atoms with van der Waals surface area (Å²) in [5.41, 5.74) is 0.845. The van der Waals surface area contributed by atoms with Crippen LogP contribution in [0.15, 0.2) is 0 Å². The summed E-state index contributed by atoms with van der Waals surface area (Å²) in [6.07, 6.45) is 0. The van der Waals surface area contributed by atoms with Gasteiger partial charge in [-0.3, -0.25) is 5.21 Å². The van der Waals surface area contributed by atoms with Gasteiger partial charge in [-0.25, -0.2) is 4.57 Å². The van der Waals surface area contributed by atoms with Crippen LogP contribution < -0.4 is 5.64 Å². The third-order valence-electron chi connectivity index (χ3n) is 0.160. The molecule has 7 heteroatoms. The molecule has 0 rings (SSSR count). The van der Waals surface area contributed by atoms with Gasteiger partial charge in [-0.05, 0) is 0 Å². The molecule has 7 heavy (non-hydrogen) atoms. The van der Waals surface area contributed by atoms with E-state index in [1.165, 1.54) is 0 Å². The minimum absolute atomic E-state index is 0.845. The lowest BCUT2D eigenvalue weighted by Crippen LogP contribution is -2.04. The van der Waals surface area contributed by atoms with E-state index in [9.17, 15) is 4.57 Å². The van der Waals surface area contributed by atoms with E-state index >= 15 is 0 Å². The smallest absolute Gasteiger partial charge is 0.302 e. The third-order valence-corrected chi connectivity index (χ3v) is 0.479. The Labute approximate surface area is 38.9 Å². The van der Waals surface area contributed by atoms with E-state index in [1.807, 2.05) is 0 Å². The Morgan fingerprint density at radius 3 is 2.00 bits per heavy atom. The van der Waals surface area contributed by atoms with Gasteiger partial charge in [-0.1, -0.05) is 5.64 Å². The molecule has 0 fully saturated rings. The Hall–Kier alpha value is 0.0300. The zero-order valence-electron chi connectivity index (χ0n) is 3.11. The Kier molecular flexibility index (Phi) is 2.38. The highest BCUT2D eigenvalue weighted by Crippen LogP contribution is 2.33. The van der Waals surface area contributed by atoms with Crippen LogP contribution in [0.4, 0.5) is 0 Å². The number of nitrogens with one attached hydrogen (secondary N) is 1. The van der Waals surface area contributed by atoms with Crippen molar-refractivity contribution < 1.29 is 24.2 Å². The Balaban J connectivity index is 3.36. The van der Waals surface area contributed by atoms with Crippen LogP contribution in [-0.4, -0.2) is 15.0 Å². The van der Waals surface area contributed by atoms with Crippen molar-refractivity contribution in [2.75, 3.05) is 0 Å². The van der Waals surface area contributed by atoms with E-state index in [0.717, 1.165) is 5.64 Å². The minimum Gasteiger partial charge on any atom is -0.302 e. The van der Waals surface area contributed by atoms with Crippen molar-refractivity contribution in [2.24, 2.45) is 0 Å². The number of phosphoric acid groups is 1. The molecule has 0 amide bonds. The zero-order chi connectivity index (χ0) is 5.91. The Bertz CT molecular complexity index is 82.1. The van der Waals surface area contributed by atoms with Crippen molar-refractivity contribution in [2.45, 2.75) is 0 Å². The lowest BCUT2D eigenvalue weighted by atomic mass is 13.3. The van der Waals surface area contributed by atoms with Crippen LogP contribution in [0.3, 0.4) is 0 Å². The summed E-state index contributed by atoms with van der Waals surface area (Å²) in [6.45, 7) is 0. The first kappa shape index (κ1) is 7.03. The quantitative estimate of drug-likeness (QED) is 0.281. The van der Waals surface area contributed by atoms with Gasteiger partial charge in [0.1, 0.15) is 0 Å². The summed E-state index contributed by atoms with van der Waals surface area (Å²) in [5.74, 6) is 0. The van der Waals surface area contributed by atoms with E-state index in [4.69, 9.17) is 15.0 Å². The first-order valence-electron chi connectivity index (χ1n) is 1.19. The molecule has 6 nitrogen and oxygen atoms in total. The van der Waals surface area contributed by atoms with Crippen molar-refractivity contribution in [1.82, 2.24) is 5.64 Å². The maximum Gasteiger partial charge on any atom is 0.488 e. The highest BCUT2D eigenvalue weighted by atomic mass is 31.2. The molecular weight excluding hydrogens is 125 g/mol. The SMILES string of the molecule is O=P(O)(O)ONO. The Morgan fingerprint density at radius 2 is 2.00 bits per heavy atom. The molecule has 0 aliphatic carbocycles. The number of hydrogen-bond donors (Lipinski definition) is 4. The highest BCUT2D eigenvalue weighted by molar-refractivity contribution is 7.46. The van der Waals surface area contributed by atoms with Crippen molar-refractivity contribution in [3.05, 3.63) is 0 Å². The van der Waals surface area contributed by atoms with Gasteiger partial charge < -0.3 is 9.79 Å². The molecule has 0 aliphatic heterocycles. The van der Waals surface area contributed by atoms with Crippen LogP contribution >= 0.6 is 7.82 Å². The molecule has 0 saturated heterocycles. The molecule has 0 aliphatic rings. The topological polar surface area (TPSA) is 99.0 Å². The molecule has 0 atom stereocenters. The van der Waals surface area contributed by atoms with Gasteiger partial charge in [0.05, 0.1) is 0 Å². The summed E-state index contributed by atoms with van der Waals surface area (Å²) < 4.78 is 12.7. The maximum absolute atomic E-state index is 9.48. The van der Waals surface area contributed by atoms with E-state index in [2.05, 4.69) is 4.62 Å². The monoisotopic (exact) mass is 129 g/mol. The van der Waals surface area contributed by atoms with E-state index in [-0.39, 0.29) is 0 Å². The fourth-order valence-electron chi connectivity index (χ4n) is 0.0532. The van der Waals surface area contributed by atoms with Gasteiger partial charge in [-0.15, -0.1) is 0 Å². The fraction of sp³-hybridized carbons (Fsp3) is 0. The molecular formula is H4NO5P. The largest absolute Gasteiger partial charge is 0.488 e. The predicted molar refractivity (Wildman–Crippen MR) is 18.1 cm³/mol. The average molecular weight is 129 g/mol. The Morgan fingerprint density at radius 1 is 1.57 bits per heavy atom. The molecule has 0 aromatic heterocycles. The second-order valence-electron chi connectivity index (χ2n) is 0.673. The molecule has 0 aromatic carbocycles. The third kappa shape index (κ3) is 6.03. The molecule has 0 radical (unpaired) electrons. The first-order valence-corrected chi connectivity index (χ1v) is 2.72. The molecule has 44 valence electrons. The van der Waals surface area contributed by atoms with Crippen LogP contribution in [0.5, 0.6) is 0 Å². The van der Waals surface area contributed by atoms with Crippen LogP contribution in [0.2, 0.25) is 0 Å². The van der Waals surface area contributed by atoms with E-state index in [1.54, 1.807) is 0 Å². The fourth-order valence-corrected chi connectivity index (χ4v) is 0.160. The molecule has 0 unspecified atom stereocenters. The normalized spacial score (nSPS) is 11.9. The van der Waals surface area contributed by atoms with E-state index < -0.39 is 7.82 Å². The highest BCUT2D eigenvalue weighted by Gasteiger charge is 2.11. The summed E-state index contributed by atoms with van der Waals surface area (Å²) in [7, 11) is -4.53. The second kappa shape index (κ2) is 2.37. The van der Waals surface area contributed by atoms with Crippen molar-refractivity contribution in [3.8, 4) is 0 Å². The summed E-state index contributed by atoms with van der Waals surface area (Å²) in [6, 6.07) is 0. The second-order valence-corrected chi connectivity index (χ2v) is 1.84. The lowest BCUT2D eigenvalue weighted by Gasteiger charge is -1.97. The van der Waals surface area contributed by atoms with Gasteiger partial charge in [0.15, 0.2) is 0 Å². The summed E-state index contributed by atoms with van der Waals surface area (Å²) in [4.78, 5) is 15.4. The van der Waals surface area contributed by atoms with Gasteiger partial charge in [0.2, 0.25) is 0 Å². The number of rotatable bonds is 2. The average Bonchev–Trinajstić information content (AvgIpc) is 1.30. The first-order chi connectivity index (χ1) is 3.06. The maximum atomic E-state index is 9.48. The van der Waals surface area contributed by atoms with Crippen molar-refractivity contribution in [3.63, 3.8) is 0 Å². The van der Waals surface area contributed by atoms with E-state index in [0.29, 0.717) is 0 Å². The number of hydrogen-bond acceptors (Lipinski definition) is 4. The van der Waals surface area contributed by atoms with Crippen LogP contribution in [0.25, 0.3) is 0 Å². The summed E-state index contributed by atoms with van der Waals surface area (Å²) in [5, 5.41) is 7.44. The van der Waals surface area contributed by atoms with Gasteiger partial charge in [-0.2, -0.15) is 4.62 Å². The van der Waals surface area contributed by atoms with Gasteiger partial charge in [0, 0.05) is 0 Å². The van der Waals surface area contributed by atoms with Crippen molar-refractivity contribution in [1.29, 1.82) is 0 Å². The van der Waals surface area contributed by atoms with Gasteiger partial charge >= 0.3 is 7.82 Å². The minimum atomic E-state index is -4.53. The molecule has 0 bridgehead atoms. The summed E-state index contributed by atoms with van der Waals surface area (Å²) >= 11 is 0. The predicted octanol–water partition coefficient (Wildman–Crippen LogP) is -1.01. The van der Waals surface area contributed by atoms with Crippen LogP contribution in [0, 0.1) is 0 Å². The molecule has 0 aromatic rings. The molecule has 4 N–H and O–H groups in total.